The Hall–Kier alpha value is -1.14. The molecular formula is C14H24N2O4. The second-order valence-corrected chi connectivity index (χ2v) is 5.54. The van der Waals surface area contributed by atoms with E-state index in [9.17, 15) is 9.59 Å². The van der Waals surface area contributed by atoms with Crippen LogP contribution in [0.15, 0.2) is 0 Å². The molecule has 1 heterocycles. The van der Waals surface area contributed by atoms with Crippen molar-refractivity contribution in [2.24, 2.45) is 5.92 Å². The Morgan fingerprint density at radius 3 is 2.75 bits per heavy atom. The van der Waals surface area contributed by atoms with Crippen LogP contribution in [0.3, 0.4) is 0 Å². The molecule has 1 saturated carbocycles. The number of nitrogens with zero attached hydrogens (tertiary/aromatic N) is 1. The lowest BCUT2D eigenvalue weighted by Crippen LogP contribution is -2.47. The van der Waals surface area contributed by atoms with Crippen LogP contribution in [-0.4, -0.2) is 60.8 Å². The van der Waals surface area contributed by atoms with Crippen LogP contribution in [0.2, 0.25) is 0 Å². The second-order valence-electron chi connectivity index (χ2n) is 5.54. The number of morpholine rings is 1. The maximum atomic E-state index is 12.0. The van der Waals surface area contributed by atoms with Crippen molar-refractivity contribution in [2.45, 2.75) is 38.2 Å². The van der Waals surface area contributed by atoms with Crippen molar-refractivity contribution >= 4 is 11.8 Å². The standard InChI is InChI=1S/C14H24N2O4/c17-10-12-9-16(7-8-20-12)13(18)5-6-15-14(19)11-3-1-2-4-11/h11-12,17H,1-10H2,(H,15,19). The van der Waals surface area contributed by atoms with Crippen molar-refractivity contribution in [1.82, 2.24) is 10.2 Å². The van der Waals surface area contributed by atoms with Crippen molar-refractivity contribution in [3.63, 3.8) is 0 Å². The van der Waals surface area contributed by atoms with Crippen molar-refractivity contribution in [3.8, 4) is 0 Å². The maximum absolute atomic E-state index is 12.0. The highest BCUT2D eigenvalue weighted by Gasteiger charge is 2.25. The second kappa shape index (κ2) is 7.59. The van der Waals surface area contributed by atoms with Gasteiger partial charge in [0.15, 0.2) is 0 Å². The molecule has 0 radical (unpaired) electrons. The highest BCUT2D eigenvalue weighted by molar-refractivity contribution is 5.80. The van der Waals surface area contributed by atoms with Gasteiger partial charge < -0.3 is 20.1 Å². The molecule has 2 fully saturated rings. The zero-order valence-electron chi connectivity index (χ0n) is 11.8. The van der Waals surface area contributed by atoms with Crippen molar-refractivity contribution in [1.29, 1.82) is 0 Å². The summed E-state index contributed by atoms with van der Waals surface area (Å²) in [5, 5.41) is 11.9. The van der Waals surface area contributed by atoms with E-state index in [0.717, 1.165) is 25.7 Å². The van der Waals surface area contributed by atoms with E-state index in [2.05, 4.69) is 5.32 Å². The van der Waals surface area contributed by atoms with E-state index in [1.165, 1.54) is 0 Å². The molecule has 0 bridgehead atoms. The highest BCUT2D eigenvalue weighted by Crippen LogP contribution is 2.24. The fourth-order valence-electron chi connectivity index (χ4n) is 2.84. The van der Waals surface area contributed by atoms with Crippen LogP contribution < -0.4 is 5.32 Å². The Morgan fingerprint density at radius 2 is 2.05 bits per heavy atom. The molecule has 1 unspecified atom stereocenters. The van der Waals surface area contributed by atoms with Gasteiger partial charge in [0.2, 0.25) is 11.8 Å². The molecule has 114 valence electrons. The number of aliphatic hydroxyl groups excluding tert-OH is 1. The number of hydrogen-bond donors (Lipinski definition) is 2. The molecular weight excluding hydrogens is 260 g/mol. The Bertz CT molecular complexity index is 342. The minimum absolute atomic E-state index is 0.0125. The van der Waals surface area contributed by atoms with Crippen molar-refractivity contribution in [2.75, 3.05) is 32.8 Å². The first-order chi connectivity index (χ1) is 9.70. The van der Waals surface area contributed by atoms with Gasteiger partial charge in [-0.25, -0.2) is 0 Å². The van der Waals surface area contributed by atoms with Crippen LogP contribution in [0, 0.1) is 5.92 Å². The van der Waals surface area contributed by atoms with E-state index in [4.69, 9.17) is 9.84 Å². The quantitative estimate of drug-likeness (QED) is 0.739. The predicted octanol–water partition coefficient (Wildman–Crippen LogP) is -0.0974. The largest absolute Gasteiger partial charge is 0.394 e. The number of hydrogen-bond acceptors (Lipinski definition) is 4. The number of carbonyl (C=O) groups is 2. The van der Waals surface area contributed by atoms with Gasteiger partial charge in [-0.3, -0.25) is 9.59 Å². The minimum Gasteiger partial charge on any atom is -0.394 e. The molecule has 0 aromatic heterocycles. The predicted molar refractivity (Wildman–Crippen MR) is 73.0 cm³/mol. The number of aliphatic hydroxyl groups is 1. The molecule has 0 spiro atoms. The number of carbonyl (C=O) groups excluding carboxylic acids is 2. The first-order valence-corrected chi connectivity index (χ1v) is 7.48. The van der Waals surface area contributed by atoms with Gasteiger partial charge in [-0.2, -0.15) is 0 Å². The molecule has 0 aromatic carbocycles. The van der Waals surface area contributed by atoms with Gasteiger partial charge in [-0.05, 0) is 12.8 Å². The summed E-state index contributed by atoms with van der Waals surface area (Å²) >= 11 is 0. The fraction of sp³-hybridized carbons (Fsp3) is 0.857. The van der Waals surface area contributed by atoms with Crippen LogP contribution in [0.5, 0.6) is 0 Å². The number of nitrogens with one attached hydrogen (secondary N) is 1. The first kappa shape index (κ1) is 15.3. The van der Waals surface area contributed by atoms with Gasteiger partial charge in [-0.1, -0.05) is 12.8 Å². The van der Waals surface area contributed by atoms with E-state index in [1.807, 2.05) is 0 Å². The molecule has 1 aliphatic carbocycles. The summed E-state index contributed by atoms with van der Waals surface area (Å²) in [6, 6.07) is 0. The Morgan fingerprint density at radius 1 is 1.30 bits per heavy atom. The molecule has 2 rings (SSSR count). The van der Waals surface area contributed by atoms with Gasteiger partial charge in [0.25, 0.3) is 0 Å². The average molecular weight is 284 g/mol. The summed E-state index contributed by atoms with van der Waals surface area (Å²) in [4.78, 5) is 25.5. The van der Waals surface area contributed by atoms with E-state index in [0.29, 0.717) is 32.7 Å². The lowest BCUT2D eigenvalue weighted by Gasteiger charge is -2.32. The number of amides is 2. The number of ether oxygens (including phenoxy) is 1. The molecule has 1 atom stereocenters. The summed E-state index contributed by atoms with van der Waals surface area (Å²) in [5.41, 5.74) is 0. The Labute approximate surface area is 119 Å². The van der Waals surface area contributed by atoms with Gasteiger partial charge in [0, 0.05) is 32.0 Å². The molecule has 2 aliphatic rings. The van der Waals surface area contributed by atoms with E-state index in [1.54, 1.807) is 4.90 Å². The van der Waals surface area contributed by atoms with E-state index in [-0.39, 0.29) is 30.4 Å². The lowest BCUT2D eigenvalue weighted by molar-refractivity contribution is -0.140. The smallest absolute Gasteiger partial charge is 0.224 e. The lowest BCUT2D eigenvalue weighted by atomic mass is 10.1. The van der Waals surface area contributed by atoms with Crippen molar-refractivity contribution < 1.29 is 19.4 Å². The summed E-state index contributed by atoms with van der Waals surface area (Å²) in [7, 11) is 0. The van der Waals surface area contributed by atoms with E-state index >= 15 is 0 Å². The third-order valence-electron chi connectivity index (χ3n) is 4.06. The third-order valence-corrected chi connectivity index (χ3v) is 4.06. The zero-order chi connectivity index (χ0) is 14.4. The average Bonchev–Trinajstić information content (AvgIpc) is 3.01. The summed E-state index contributed by atoms with van der Waals surface area (Å²) in [6.45, 7) is 1.79. The molecule has 2 amide bonds. The van der Waals surface area contributed by atoms with E-state index < -0.39 is 0 Å². The SMILES string of the molecule is O=C(NCCC(=O)N1CCOC(CO)C1)C1CCCC1. The highest BCUT2D eigenvalue weighted by atomic mass is 16.5. The Balaban J connectivity index is 1.65. The van der Waals surface area contributed by atoms with Crippen LogP contribution in [-0.2, 0) is 14.3 Å². The molecule has 6 nitrogen and oxygen atoms in total. The van der Waals surface area contributed by atoms with Gasteiger partial charge in [0.1, 0.15) is 0 Å². The molecule has 1 aliphatic heterocycles. The zero-order valence-corrected chi connectivity index (χ0v) is 11.8. The Kier molecular flexibility index (Phi) is 5.79. The molecule has 20 heavy (non-hydrogen) atoms. The third kappa shape index (κ3) is 4.18. The molecule has 0 aromatic rings. The van der Waals surface area contributed by atoms with Gasteiger partial charge in [-0.15, -0.1) is 0 Å². The normalized spacial score (nSPS) is 23.9. The summed E-state index contributed by atoms with van der Waals surface area (Å²) < 4.78 is 5.30. The maximum Gasteiger partial charge on any atom is 0.224 e. The van der Waals surface area contributed by atoms with Gasteiger partial charge in [0.05, 0.1) is 19.3 Å². The topological polar surface area (TPSA) is 78.9 Å². The van der Waals surface area contributed by atoms with Crippen LogP contribution >= 0.6 is 0 Å². The summed E-state index contributed by atoms with van der Waals surface area (Å²) in [5.74, 6) is 0.247. The van der Waals surface area contributed by atoms with Crippen LogP contribution in [0.1, 0.15) is 32.1 Å². The monoisotopic (exact) mass is 284 g/mol. The van der Waals surface area contributed by atoms with Crippen LogP contribution in [0.25, 0.3) is 0 Å². The molecule has 6 heteroatoms. The molecule has 1 saturated heterocycles. The van der Waals surface area contributed by atoms with Crippen LogP contribution in [0.4, 0.5) is 0 Å². The van der Waals surface area contributed by atoms with Crippen molar-refractivity contribution in [3.05, 3.63) is 0 Å². The number of rotatable bonds is 5. The minimum atomic E-state index is -0.277. The van der Waals surface area contributed by atoms with Gasteiger partial charge >= 0.3 is 0 Å². The molecule has 2 N–H and O–H groups in total. The summed E-state index contributed by atoms with van der Waals surface area (Å²) in [6.07, 6.45) is 4.25. The fourth-order valence-corrected chi connectivity index (χ4v) is 2.84. The first-order valence-electron chi connectivity index (χ1n) is 7.48.